The molecular weight excluding hydrogens is 208 g/mol. The first kappa shape index (κ1) is 10.3. The van der Waals surface area contributed by atoms with Gasteiger partial charge in [0.1, 0.15) is 6.61 Å². The van der Waals surface area contributed by atoms with Crippen LogP contribution in [0, 0.1) is 11.8 Å². The lowest BCUT2D eigenvalue weighted by Crippen LogP contribution is -2.45. The molecule has 1 aliphatic carbocycles. The Balaban J connectivity index is 1.99. The van der Waals surface area contributed by atoms with Gasteiger partial charge < -0.3 is 14.2 Å². The van der Waals surface area contributed by atoms with Crippen molar-refractivity contribution in [2.75, 3.05) is 20.3 Å². The smallest absolute Gasteiger partial charge is 0.334 e. The molecule has 4 nitrogen and oxygen atoms in total. The Bertz CT molecular complexity index is 349. The minimum atomic E-state index is -0.641. The van der Waals surface area contributed by atoms with Crippen LogP contribution in [0.3, 0.4) is 0 Å². The fraction of sp³-hybridized carbons (Fsp3) is 0.750. The fourth-order valence-electron chi connectivity index (χ4n) is 3.13. The standard InChI is InChI=1S/C12H16O4/c1-14-12-8(4-2-3-5-16-12)6-9-10(12)7-15-11(9)13/h6,8,10H,2-5,7H2,1H3/t8-,10+,12+/m1/s1. The number of hydrogen-bond donors (Lipinski definition) is 0. The van der Waals surface area contributed by atoms with E-state index < -0.39 is 5.79 Å². The zero-order valence-corrected chi connectivity index (χ0v) is 9.40. The Morgan fingerprint density at radius 3 is 3.19 bits per heavy atom. The number of esters is 1. The van der Waals surface area contributed by atoms with Crippen molar-refractivity contribution in [1.29, 1.82) is 0 Å². The highest BCUT2D eigenvalue weighted by Crippen LogP contribution is 2.49. The van der Waals surface area contributed by atoms with Crippen LogP contribution in [0.2, 0.25) is 0 Å². The third kappa shape index (κ3) is 1.20. The fourth-order valence-corrected chi connectivity index (χ4v) is 3.13. The highest BCUT2D eigenvalue weighted by molar-refractivity contribution is 5.92. The van der Waals surface area contributed by atoms with Gasteiger partial charge in [-0.1, -0.05) is 12.5 Å². The summed E-state index contributed by atoms with van der Waals surface area (Å²) in [6, 6.07) is 0. The summed E-state index contributed by atoms with van der Waals surface area (Å²) in [5, 5.41) is 0. The second-order valence-corrected chi connectivity index (χ2v) is 4.65. The molecule has 2 saturated heterocycles. The van der Waals surface area contributed by atoms with Gasteiger partial charge in [0, 0.05) is 18.6 Å². The predicted molar refractivity (Wildman–Crippen MR) is 55.6 cm³/mol. The highest BCUT2D eigenvalue weighted by Gasteiger charge is 2.57. The van der Waals surface area contributed by atoms with Crippen LogP contribution in [0.25, 0.3) is 0 Å². The molecule has 0 unspecified atom stereocenters. The van der Waals surface area contributed by atoms with Crippen LogP contribution < -0.4 is 0 Å². The van der Waals surface area contributed by atoms with Crippen LogP contribution in [0.1, 0.15) is 19.3 Å². The maximum Gasteiger partial charge on any atom is 0.334 e. The first-order chi connectivity index (χ1) is 7.78. The Labute approximate surface area is 94.5 Å². The monoisotopic (exact) mass is 224 g/mol. The molecule has 4 heteroatoms. The molecule has 3 aliphatic rings. The molecule has 0 aromatic rings. The molecule has 0 N–H and O–H groups in total. The summed E-state index contributed by atoms with van der Waals surface area (Å²) in [6.45, 7) is 1.10. The van der Waals surface area contributed by atoms with Gasteiger partial charge in [0.05, 0.1) is 12.5 Å². The molecule has 2 heterocycles. The van der Waals surface area contributed by atoms with Crippen LogP contribution in [0.4, 0.5) is 0 Å². The zero-order chi connectivity index (χ0) is 11.2. The lowest BCUT2D eigenvalue weighted by atomic mass is 9.90. The molecule has 3 atom stereocenters. The Morgan fingerprint density at radius 2 is 2.38 bits per heavy atom. The first-order valence-corrected chi connectivity index (χ1v) is 5.86. The normalized spacial score (nSPS) is 42.1. The molecule has 0 amide bonds. The lowest BCUT2D eigenvalue weighted by Gasteiger charge is -2.36. The van der Waals surface area contributed by atoms with E-state index in [-0.39, 0.29) is 17.8 Å². The van der Waals surface area contributed by atoms with Crippen LogP contribution in [-0.2, 0) is 19.0 Å². The zero-order valence-electron chi connectivity index (χ0n) is 9.40. The van der Waals surface area contributed by atoms with Gasteiger partial charge in [0.15, 0.2) is 5.79 Å². The maximum absolute atomic E-state index is 11.5. The number of cyclic esters (lactones) is 1. The Hall–Kier alpha value is -0.870. The third-order valence-corrected chi connectivity index (χ3v) is 3.93. The van der Waals surface area contributed by atoms with Crippen LogP contribution in [-0.4, -0.2) is 32.1 Å². The van der Waals surface area contributed by atoms with Crippen molar-refractivity contribution in [2.24, 2.45) is 11.8 Å². The molecule has 16 heavy (non-hydrogen) atoms. The SMILES string of the molecule is CO[C@]12OCCCC[C@@H]1C=C1C(=O)OC[C@@H]12. The molecule has 0 bridgehead atoms. The molecule has 0 aromatic carbocycles. The largest absolute Gasteiger partial charge is 0.461 e. The number of carbonyl (C=O) groups is 1. The minimum absolute atomic E-state index is 0.0342. The summed E-state index contributed by atoms with van der Waals surface area (Å²) in [5.41, 5.74) is 0.758. The van der Waals surface area contributed by atoms with Crippen molar-refractivity contribution in [3.8, 4) is 0 Å². The van der Waals surface area contributed by atoms with Crippen LogP contribution in [0.5, 0.6) is 0 Å². The van der Waals surface area contributed by atoms with E-state index in [2.05, 4.69) is 0 Å². The van der Waals surface area contributed by atoms with Crippen molar-refractivity contribution in [3.63, 3.8) is 0 Å². The van der Waals surface area contributed by atoms with Gasteiger partial charge in [-0.15, -0.1) is 0 Å². The summed E-state index contributed by atoms with van der Waals surface area (Å²) in [6.07, 6.45) is 5.23. The van der Waals surface area contributed by atoms with Crippen molar-refractivity contribution in [1.82, 2.24) is 0 Å². The second kappa shape index (κ2) is 3.57. The average molecular weight is 224 g/mol. The van der Waals surface area contributed by atoms with Crippen molar-refractivity contribution in [3.05, 3.63) is 11.6 Å². The summed E-state index contributed by atoms with van der Waals surface area (Å²) in [4.78, 5) is 11.5. The minimum Gasteiger partial charge on any atom is -0.461 e. The third-order valence-electron chi connectivity index (χ3n) is 3.93. The van der Waals surface area contributed by atoms with Gasteiger partial charge in [0.2, 0.25) is 0 Å². The number of hydrogen-bond acceptors (Lipinski definition) is 4. The number of fused-ring (bicyclic) bond motifs is 3. The quantitative estimate of drug-likeness (QED) is 0.629. The summed E-state index contributed by atoms with van der Waals surface area (Å²) < 4.78 is 16.6. The van der Waals surface area contributed by atoms with E-state index in [1.54, 1.807) is 7.11 Å². The Kier molecular flexibility index (Phi) is 2.30. The maximum atomic E-state index is 11.5. The number of ether oxygens (including phenoxy) is 3. The molecule has 0 spiro atoms. The molecule has 2 fully saturated rings. The Morgan fingerprint density at radius 1 is 1.50 bits per heavy atom. The van der Waals surface area contributed by atoms with Gasteiger partial charge in [0.25, 0.3) is 0 Å². The second-order valence-electron chi connectivity index (χ2n) is 4.65. The summed E-state index contributed by atoms with van der Waals surface area (Å²) >= 11 is 0. The van der Waals surface area contributed by atoms with Crippen molar-refractivity contribution >= 4 is 5.97 Å². The van der Waals surface area contributed by atoms with E-state index in [0.29, 0.717) is 13.2 Å². The highest BCUT2D eigenvalue weighted by atomic mass is 16.7. The van der Waals surface area contributed by atoms with Crippen molar-refractivity contribution < 1.29 is 19.0 Å². The predicted octanol–water partition coefficient (Wildman–Crippen LogP) is 1.26. The van der Waals surface area contributed by atoms with Gasteiger partial charge >= 0.3 is 5.97 Å². The number of carbonyl (C=O) groups excluding carboxylic acids is 1. The summed E-state index contributed by atoms with van der Waals surface area (Å²) in [5.74, 6) is -0.670. The molecule has 88 valence electrons. The first-order valence-electron chi connectivity index (χ1n) is 5.86. The number of rotatable bonds is 1. The molecule has 0 aromatic heterocycles. The van der Waals surface area contributed by atoms with E-state index in [1.165, 1.54) is 0 Å². The molecular formula is C12H16O4. The molecule has 2 aliphatic heterocycles. The number of methoxy groups -OCH3 is 1. The van der Waals surface area contributed by atoms with E-state index in [1.807, 2.05) is 6.08 Å². The molecule has 0 radical (unpaired) electrons. The molecule has 3 rings (SSSR count). The topological polar surface area (TPSA) is 44.8 Å². The van der Waals surface area contributed by atoms with Gasteiger partial charge in [-0.3, -0.25) is 0 Å². The van der Waals surface area contributed by atoms with E-state index in [0.717, 1.165) is 24.8 Å². The lowest BCUT2D eigenvalue weighted by molar-refractivity contribution is -0.258. The summed E-state index contributed by atoms with van der Waals surface area (Å²) in [7, 11) is 1.66. The van der Waals surface area contributed by atoms with E-state index in [4.69, 9.17) is 14.2 Å². The van der Waals surface area contributed by atoms with Crippen LogP contribution in [0.15, 0.2) is 11.6 Å². The van der Waals surface area contributed by atoms with Crippen molar-refractivity contribution in [2.45, 2.75) is 25.0 Å². The average Bonchev–Trinajstić information content (AvgIpc) is 2.71. The van der Waals surface area contributed by atoms with E-state index in [9.17, 15) is 4.79 Å². The van der Waals surface area contributed by atoms with Gasteiger partial charge in [-0.2, -0.15) is 0 Å². The van der Waals surface area contributed by atoms with Gasteiger partial charge in [-0.05, 0) is 12.8 Å². The van der Waals surface area contributed by atoms with Gasteiger partial charge in [-0.25, -0.2) is 4.79 Å². The van der Waals surface area contributed by atoms with E-state index >= 15 is 0 Å². The van der Waals surface area contributed by atoms with Crippen LogP contribution >= 0.6 is 0 Å². The molecule has 0 saturated carbocycles.